The van der Waals surface area contributed by atoms with E-state index in [2.05, 4.69) is 6.92 Å². The van der Waals surface area contributed by atoms with Gasteiger partial charge in [0.2, 0.25) is 0 Å². The number of aliphatic hydroxyl groups excluding tert-OH is 3. The Bertz CT molecular complexity index is 644. The summed E-state index contributed by atoms with van der Waals surface area (Å²) >= 11 is 0. The van der Waals surface area contributed by atoms with Gasteiger partial charge in [-0.15, -0.1) is 0 Å². The first-order valence-electron chi connectivity index (χ1n) is 10.1. The Kier molecular flexibility index (Phi) is 4.20. The molecule has 0 spiro atoms. The van der Waals surface area contributed by atoms with Crippen LogP contribution in [-0.2, 0) is 4.79 Å². The quantitative estimate of drug-likeness (QED) is 0.596. The molecule has 5 heteroatoms. The molecule has 0 saturated heterocycles. The topological polar surface area (TPSA) is 98.0 Å². The normalized spacial score (nSPS) is 51.9. The summed E-state index contributed by atoms with van der Waals surface area (Å²) in [5, 5.41) is 42.3. The Labute approximate surface area is 155 Å². The zero-order chi connectivity index (χ0) is 18.9. The fourth-order valence-electron chi connectivity index (χ4n) is 7.42. The Balaban J connectivity index is 1.72. The third kappa shape index (κ3) is 2.20. The Morgan fingerprint density at radius 1 is 1.23 bits per heavy atom. The van der Waals surface area contributed by atoms with E-state index in [4.69, 9.17) is 0 Å². The van der Waals surface area contributed by atoms with E-state index < -0.39 is 29.8 Å². The van der Waals surface area contributed by atoms with Crippen LogP contribution in [0.4, 0.5) is 0 Å². The van der Waals surface area contributed by atoms with Gasteiger partial charge in [-0.1, -0.05) is 19.4 Å². The molecule has 0 aliphatic heterocycles. The first-order chi connectivity index (χ1) is 12.2. The first-order valence-corrected chi connectivity index (χ1v) is 10.1. The highest BCUT2D eigenvalue weighted by Crippen LogP contribution is 2.67. The van der Waals surface area contributed by atoms with Crippen LogP contribution < -0.4 is 0 Å². The number of hydrogen-bond acceptors (Lipinski definition) is 5. The largest absolute Gasteiger partial charge is 0.394 e. The molecule has 4 rings (SSSR count). The third-order valence-electron chi connectivity index (χ3n) is 8.84. The van der Waals surface area contributed by atoms with E-state index in [-0.39, 0.29) is 29.0 Å². The lowest BCUT2D eigenvalue weighted by molar-refractivity contribution is -0.207. The van der Waals surface area contributed by atoms with Crippen LogP contribution in [-0.4, -0.2) is 50.6 Å². The molecule has 0 unspecified atom stereocenters. The van der Waals surface area contributed by atoms with Crippen LogP contribution in [0.3, 0.4) is 0 Å². The van der Waals surface area contributed by atoms with Crippen LogP contribution in [0.2, 0.25) is 0 Å². The fraction of sp³-hybridized carbons (Fsp3) is 0.857. The van der Waals surface area contributed by atoms with E-state index in [1.807, 2.05) is 13.0 Å². The SMILES string of the molecule is C[C@]12CCC(=O)C=C1CC[C@@H]1[C@@H]2[C@H](O)C[C@]2(C)[C@H]1CC[C@]2(O)[C@@H](O)CO. The second-order valence-corrected chi connectivity index (χ2v) is 9.74. The molecule has 26 heavy (non-hydrogen) atoms. The van der Waals surface area contributed by atoms with Gasteiger partial charge in [0, 0.05) is 11.8 Å². The molecule has 0 radical (unpaired) electrons. The predicted octanol–water partition coefficient (Wildman–Crippen LogP) is 1.57. The molecule has 0 heterocycles. The van der Waals surface area contributed by atoms with Gasteiger partial charge in [-0.2, -0.15) is 0 Å². The van der Waals surface area contributed by atoms with Gasteiger partial charge in [-0.3, -0.25) is 4.79 Å². The van der Waals surface area contributed by atoms with Gasteiger partial charge in [0.1, 0.15) is 6.10 Å². The summed E-state index contributed by atoms with van der Waals surface area (Å²) in [5.74, 6) is 0.798. The van der Waals surface area contributed by atoms with Crippen molar-refractivity contribution < 1.29 is 25.2 Å². The second-order valence-electron chi connectivity index (χ2n) is 9.74. The molecule has 4 aliphatic rings. The van der Waals surface area contributed by atoms with Crippen molar-refractivity contribution in [2.75, 3.05) is 6.61 Å². The average molecular weight is 364 g/mol. The van der Waals surface area contributed by atoms with Gasteiger partial charge >= 0.3 is 0 Å². The number of carbonyl (C=O) groups is 1. The molecular formula is C21H32O5. The van der Waals surface area contributed by atoms with E-state index in [9.17, 15) is 25.2 Å². The number of allylic oxidation sites excluding steroid dienone is 1. The summed E-state index contributed by atoms with van der Waals surface area (Å²) in [4.78, 5) is 11.9. The highest BCUT2D eigenvalue weighted by atomic mass is 16.4. The van der Waals surface area contributed by atoms with Gasteiger partial charge in [-0.25, -0.2) is 0 Å². The molecule has 0 aromatic carbocycles. The standard InChI is InChI=1S/C21H32O5/c1-19-7-5-13(23)9-12(19)3-4-14-15-6-8-21(26,17(25)11-22)20(15,2)10-16(24)18(14)19/h9,14-18,22,24-26H,3-8,10-11H2,1-2H3/t14-,15-,16+,17-,18+,19-,20+,21-/m0/s1. The van der Waals surface area contributed by atoms with E-state index in [0.29, 0.717) is 19.3 Å². The molecule has 3 saturated carbocycles. The molecule has 0 amide bonds. The maximum Gasteiger partial charge on any atom is 0.155 e. The summed E-state index contributed by atoms with van der Waals surface area (Å²) < 4.78 is 0. The number of ketones is 1. The van der Waals surface area contributed by atoms with Crippen LogP contribution in [0.15, 0.2) is 11.6 Å². The lowest BCUT2D eigenvalue weighted by Crippen LogP contribution is -2.63. The number of fused-ring (bicyclic) bond motifs is 5. The minimum atomic E-state index is -1.35. The average Bonchev–Trinajstić information content (AvgIpc) is 2.86. The molecule has 0 bridgehead atoms. The minimum Gasteiger partial charge on any atom is -0.394 e. The molecule has 4 aliphatic carbocycles. The summed E-state index contributed by atoms with van der Waals surface area (Å²) in [5.41, 5.74) is -0.898. The third-order valence-corrected chi connectivity index (χ3v) is 8.84. The Morgan fingerprint density at radius 2 is 1.96 bits per heavy atom. The van der Waals surface area contributed by atoms with Crippen molar-refractivity contribution in [2.24, 2.45) is 28.6 Å². The van der Waals surface area contributed by atoms with E-state index in [1.54, 1.807) is 0 Å². The lowest BCUT2D eigenvalue weighted by atomic mass is 9.45. The summed E-state index contributed by atoms with van der Waals surface area (Å²) in [6.45, 7) is 3.73. The van der Waals surface area contributed by atoms with Gasteiger partial charge in [0.25, 0.3) is 0 Å². The van der Waals surface area contributed by atoms with Crippen molar-refractivity contribution in [3.63, 3.8) is 0 Å². The molecule has 8 atom stereocenters. The van der Waals surface area contributed by atoms with Crippen LogP contribution in [0, 0.1) is 28.6 Å². The van der Waals surface area contributed by atoms with Crippen molar-refractivity contribution >= 4 is 5.78 Å². The fourth-order valence-corrected chi connectivity index (χ4v) is 7.42. The van der Waals surface area contributed by atoms with Gasteiger partial charge < -0.3 is 20.4 Å². The predicted molar refractivity (Wildman–Crippen MR) is 96.1 cm³/mol. The second kappa shape index (κ2) is 5.87. The zero-order valence-corrected chi connectivity index (χ0v) is 15.8. The minimum absolute atomic E-state index is 0.0993. The van der Waals surface area contributed by atoms with Crippen molar-refractivity contribution in [1.82, 2.24) is 0 Å². The highest BCUT2D eigenvalue weighted by Gasteiger charge is 2.67. The highest BCUT2D eigenvalue weighted by molar-refractivity contribution is 5.91. The van der Waals surface area contributed by atoms with Crippen LogP contribution in [0.25, 0.3) is 0 Å². The van der Waals surface area contributed by atoms with Crippen LogP contribution in [0.1, 0.15) is 58.8 Å². The Morgan fingerprint density at radius 3 is 2.65 bits per heavy atom. The summed E-state index contributed by atoms with van der Waals surface area (Å²) in [6.07, 6.45) is 4.92. The van der Waals surface area contributed by atoms with Gasteiger partial charge in [0.15, 0.2) is 5.78 Å². The van der Waals surface area contributed by atoms with Gasteiger partial charge in [-0.05, 0) is 67.8 Å². The molecule has 3 fully saturated rings. The monoisotopic (exact) mass is 364 g/mol. The molecule has 146 valence electrons. The van der Waals surface area contributed by atoms with E-state index in [1.165, 1.54) is 5.57 Å². The van der Waals surface area contributed by atoms with E-state index >= 15 is 0 Å². The van der Waals surface area contributed by atoms with E-state index in [0.717, 1.165) is 25.7 Å². The smallest absolute Gasteiger partial charge is 0.155 e. The van der Waals surface area contributed by atoms with Crippen LogP contribution in [0.5, 0.6) is 0 Å². The maximum atomic E-state index is 11.9. The number of rotatable bonds is 2. The lowest BCUT2D eigenvalue weighted by Gasteiger charge is -2.61. The van der Waals surface area contributed by atoms with Crippen molar-refractivity contribution in [1.29, 1.82) is 0 Å². The maximum absolute atomic E-state index is 11.9. The molecular weight excluding hydrogens is 332 g/mol. The van der Waals surface area contributed by atoms with Crippen molar-refractivity contribution in [2.45, 2.75) is 76.6 Å². The molecule has 4 N–H and O–H groups in total. The summed E-state index contributed by atoms with van der Waals surface area (Å²) in [6, 6.07) is 0. The Hall–Kier alpha value is -0.750. The van der Waals surface area contributed by atoms with Crippen LogP contribution >= 0.6 is 0 Å². The molecule has 5 nitrogen and oxygen atoms in total. The summed E-state index contributed by atoms with van der Waals surface area (Å²) in [7, 11) is 0. The molecule has 0 aromatic heterocycles. The van der Waals surface area contributed by atoms with Crippen molar-refractivity contribution in [3.8, 4) is 0 Å². The molecule has 0 aromatic rings. The zero-order valence-electron chi connectivity index (χ0n) is 15.8. The number of aliphatic hydroxyl groups is 4. The van der Waals surface area contributed by atoms with Gasteiger partial charge in [0.05, 0.1) is 18.3 Å². The number of carbonyl (C=O) groups excluding carboxylic acids is 1. The van der Waals surface area contributed by atoms with Crippen molar-refractivity contribution in [3.05, 3.63) is 11.6 Å². The first kappa shape index (κ1) is 18.6. The number of hydrogen-bond donors (Lipinski definition) is 4.